The van der Waals surface area contributed by atoms with E-state index >= 15 is 0 Å². The molecule has 3 nitrogen and oxygen atoms in total. The molecule has 0 saturated heterocycles. The molecule has 0 amide bonds. The average Bonchev–Trinajstić information content (AvgIpc) is 2.59. The number of methoxy groups -OCH3 is 2. The maximum atomic E-state index is 9.05. The van der Waals surface area contributed by atoms with E-state index in [1.165, 1.54) is 0 Å². The normalized spacial score (nSPS) is 9.64. The third kappa shape index (κ3) is 3.81. The number of terminal acetylenes is 1. The maximum absolute atomic E-state index is 9.05. The summed E-state index contributed by atoms with van der Waals surface area (Å²) < 4.78 is 10.5. The summed E-state index contributed by atoms with van der Waals surface area (Å²) in [6.45, 7) is 0. The number of nitriles is 1. The summed E-state index contributed by atoms with van der Waals surface area (Å²) >= 11 is 0. The van der Waals surface area contributed by atoms with Gasteiger partial charge in [-0.05, 0) is 54.3 Å². The number of ether oxygens (including phenoxy) is 2. The van der Waals surface area contributed by atoms with Gasteiger partial charge in [-0.15, -0.1) is 6.42 Å². The fourth-order valence-corrected chi connectivity index (χ4v) is 2.28. The van der Waals surface area contributed by atoms with Crippen molar-refractivity contribution in [3.05, 3.63) is 58.7 Å². The number of nitrogens with zero attached hydrogens (tertiary/aromatic N) is 1. The van der Waals surface area contributed by atoms with Crippen molar-refractivity contribution < 1.29 is 9.47 Å². The van der Waals surface area contributed by atoms with Gasteiger partial charge in [0.2, 0.25) is 0 Å². The molecular formula is C19H17NO2. The molecule has 0 spiro atoms. The highest BCUT2D eigenvalue weighted by molar-refractivity contribution is 5.44. The van der Waals surface area contributed by atoms with Crippen molar-refractivity contribution >= 4 is 0 Å². The van der Waals surface area contributed by atoms with Crippen molar-refractivity contribution in [1.29, 1.82) is 5.26 Å². The Morgan fingerprint density at radius 2 is 1.41 bits per heavy atom. The van der Waals surface area contributed by atoms with Crippen LogP contribution in [-0.4, -0.2) is 14.2 Å². The molecule has 3 heteroatoms. The SMILES string of the molecule is C#Cc1cc(C#N)cc(CCc2cc(OC)cc(OC)c2)c1. The van der Waals surface area contributed by atoms with Crippen molar-refractivity contribution in [2.75, 3.05) is 14.2 Å². The Balaban J connectivity index is 2.20. The van der Waals surface area contributed by atoms with E-state index in [1.807, 2.05) is 30.3 Å². The van der Waals surface area contributed by atoms with Gasteiger partial charge >= 0.3 is 0 Å². The highest BCUT2D eigenvalue weighted by Crippen LogP contribution is 2.23. The van der Waals surface area contributed by atoms with E-state index in [1.54, 1.807) is 20.3 Å². The summed E-state index contributed by atoms with van der Waals surface area (Å²) in [6, 6.07) is 13.5. The van der Waals surface area contributed by atoms with E-state index in [-0.39, 0.29) is 0 Å². The highest BCUT2D eigenvalue weighted by atomic mass is 16.5. The molecule has 0 radical (unpaired) electrons. The molecule has 0 saturated carbocycles. The average molecular weight is 291 g/mol. The largest absolute Gasteiger partial charge is 0.497 e. The van der Waals surface area contributed by atoms with Crippen LogP contribution in [-0.2, 0) is 12.8 Å². The molecule has 0 aliphatic rings. The molecule has 22 heavy (non-hydrogen) atoms. The second-order valence-corrected chi connectivity index (χ2v) is 4.90. The Bertz CT molecular complexity index is 697. The van der Waals surface area contributed by atoms with Crippen LogP contribution in [0.3, 0.4) is 0 Å². The summed E-state index contributed by atoms with van der Waals surface area (Å²) in [5, 5.41) is 9.05. The van der Waals surface area contributed by atoms with Crippen molar-refractivity contribution in [1.82, 2.24) is 0 Å². The molecule has 0 unspecified atom stereocenters. The zero-order valence-corrected chi connectivity index (χ0v) is 12.7. The third-order valence-corrected chi connectivity index (χ3v) is 3.40. The van der Waals surface area contributed by atoms with E-state index in [2.05, 4.69) is 12.0 Å². The lowest BCUT2D eigenvalue weighted by molar-refractivity contribution is 0.393. The Labute approximate surface area is 131 Å². The number of aryl methyl sites for hydroxylation is 2. The molecule has 0 aliphatic carbocycles. The van der Waals surface area contributed by atoms with Crippen LogP contribution in [0.15, 0.2) is 36.4 Å². The zero-order valence-electron chi connectivity index (χ0n) is 12.7. The number of hydrogen-bond acceptors (Lipinski definition) is 3. The number of rotatable bonds is 5. The first-order chi connectivity index (χ1) is 10.7. The van der Waals surface area contributed by atoms with Gasteiger partial charge in [-0.25, -0.2) is 0 Å². The van der Waals surface area contributed by atoms with Gasteiger partial charge in [0.25, 0.3) is 0 Å². The third-order valence-electron chi connectivity index (χ3n) is 3.40. The fourth-order valence-electron chi connectivity index (χ4n) is 2.28. The summed E-state index contributed by atoms with van der Waals surface area (Å²) in [6.07, 6.45) is 7.04. The van der Waals surface area contributed by atoms with E-state index in [9.17, 15) is 0 Å². The van der Waals surface area contributed by atoms with E-state index in [4.69, 9.17) is 21.2 Å². The predicted octanol–water partition coefficient (Wildman–Crippen LogP) is 3.34. The van der Waals surface area contributed by atoms with E-state index < -0.39 is 0 Å². The lowest BCUT2D eigenvalue weighted by Gasteiger charge is -2.09. The minimum absolute atomic E-state index is 0.591. The summed E-state index contributed by atoms with van der Waals surface area (Å²) in [5.74, 6) is 4.12. The molecule has 0 atom stereocenters. The van der Waals surface area contributed by atoms with Crippen LogP contribution in [0.5, 0.6) is 11.5 Å². The van der Waals surface area contributed by atoms with Crippen LogP contribution in [0.4, 0.5) is 0 Å². The van der Waals surface area contributed by atoms with E-state index in [0.717, 1.165) is 41.0 Å². The first-order valence-corrected chi connectivity index (χ1v) is 6.91. The minimum Gasteiger partial charge on any atom is -0.497 e. The molecule has 0 N–H and O–H groups in total. The van der Waals surface area contributed by atoms with Crippen LogP contribution < -0.4 is 9.47 Å². The molecule has 0 bridgehead atoms. The Kier molecular flexibility index (Phi) is 5.07. The fraction of sp³-hybridized carbons (Fsp3) is 0.211. The van der Waals surface area contributed by atoms with Crippen LogP contribution in [0, 0.1) is 23.7 Å². The van der Waals surface area contributed by atoms with Gasteiger partial charge in [-0.2, -0.15) is 5.26 Å². The lowest BCUT2D eigenvalue weighted by atomic mass is 10.00. The topological polar surface area (TPSA) is 42.2 Å². The minimum atomic E-state index is 0.591. The van der Waals surface area contributed by atoms with E-state index in [0.29, 0.717) is 5.56 Å². The molecule has 0 aromatic heterocycles. The molecule has 0 aliphatic heterocycles. The molecule has 2 aromatic carbocycles. The Hall–Kier alpha value is -2.91. The first kappa shape index (κ1) is 15.5. The monoisotopic (exact) mass is 291 g/mol. The van der Waals surface area contributed by atoms with Crippen LogP contribution >= 0.6 is 0 Å². The van der Waals surface area contributed by atoms with Gasteiger partial charge < -0.3 is 9.47 Å². The van der Waals surface area contributed by atoms with Crippen molar-refractivity contribution in [2.24, 2.45) is 0 Å². The quantitative estimate of drug-likeness (QED) is 0.793. The van der Waals surface area contributed by atoms with Gasteiger partial charge in [-0.3, -0.25) is 0 Å². The predicted molar refractivity (Wildman–Crippen MR) is 86.0 cm³/mol. The maximum Gasteiger partial charge on any atom is 0.122 e. The second kappa shape index (κ2) is 7.20. The standard InChI is InChI=1S/C19H17NO2/c1-4-14-7-15(9-17(8-14)13-20)5-6-16-10-18(21-2)12-19(11-16)22-3/h1,7-12H,5-6H2,2-3H3. The van der Waals surface area contributed by atoms with Crippen LogP contribution in [0.2, 0.25) is 0 Å². The summed E-state index contributed by atoms with van der Waals surface area (Å²) in [5.41, 5.74) is 3.49. The highest BCUT2D eigenvalue weighted by Gasteiger charge is 2.04. The molecule has 2 aromatic rings. The first-order valence-electron chi connectivity index (χ1n) is 6.91. The lowest BCUT2D eigenvalue weighted by Crippen LogP contribution is -1.96. The van der Waals surface area contributed by atoms with Crippen molar-refractivity contribution in [3.8, 4) is 29.9 Å². The number of hydrogen-bond donors (Lipinski definition) is 0. The molecule has 110 valence electrons. The van der Waals surface area contributed by atoms with Gasteiger partial charge in [-0.1, -0.05) is 5.92 Å². The molecule has 0 heterocycles. The zero-order chi connectivity index (χ0) is 15.9. The number of benzene rings is 2. The molecular weight excluding hydrogens is 274 g/mol. The van der Waals surface area contributed by atoms with Gasteiger partial charge in [0, 0.05) is 11.6 Å². The van der Waals surface area contributed by atoms with Gasteiger partial charge in [0.15, 0.2) is 0 Å². The second-order valence-electron chi connectivity index (χ2n) is 4.90. The Morgan fingerprint density at radius 3 is 1.91 bits per heavy atom. The smallest absolute Gasteiger partial charge is 0.122 e. The summed E-state index contributed by atoms with van der Waals surface area (Å²) in [7, 11) is 3.27. The Morgan fingerprint density at radius 1 is 0.864 bits per heavy atom. The molecule has 0 fully saturated rings. The van der Waals surface area contributed by atoms with Crippen molar-refractivity contribution in [3.63, 3.8) is 0 Å². The van der Waals surface area contributed by atoms with Crippen molar-refractivity contribution in [2.45, 2.75) is 12.8 Å². The molecule has 2 rings (SSSR count). The van der Waals surface area contributed by atoms with Crippen LogP contribution in [0.25, 0.3) is 0 Å². The summed E-state index contributed by atoms with van der Waals surface area (Å²) in [4.78, 5) is 0. The van der Waals surface area contributed by atoms with Gasteiger partial charge in [0.05, 0.1) is 25.9 Å². The van der Waals surface area contributed by atoms with Gasteiger partial charge in [0.1, 0.15) is 11.5 Å². The van der Waals surface area contributed by atoms with Crippen LogP contribution in [0.1, 0.15) is 22.3 Å².